The minimum Gasteiger partial charge on any atom is -0.478 e. The highest BCUT2D eigenvalue weighted by Gasteiger charge is 2.09. The standard InChI is InChI=1S/C14H9ClN2O2/c15-10-5-11-12(7-17-13(11)16-6-10)8-1-3-9(4-2-8)14(18)19/h1-7H,(H,16,17)(H,18,19). The molecule has 0 saturated heterocycles. The molecule has 0 fully saturated rings. The van der Waals surface area contributed by atoms with E-state index in [0.717, 1.165) is 22.2 Å². The molecule has 0 radical (unpaired) electrons. The molecule has 2 heterocycles. The van der Waals surface area contributed by atoms with Gasteiger partial charge in [0.25, 0.3) is 0 Å². The monoisotopic (exact) mass is 272 g/mol. The Labute approximate surface area is 113 Å². The van der Waals surface area contributed by atoms with Crippen LogP contribution < -0.4 is 0 Å². The number of hydrogen-bond donors (Lipinski definition) is 2. The van der Waals surface area contributed by atoms with E-state index in [0.29, 0.717) is 5.02 Å². The maximum Gasteiger partial charge on any atom is 0.335 e. The Balaban J connectivity index is 2.13. The van der Waals surface area contributed by atoms with Crippen molar-refractivity contribution in [3.63, 3.8) is 0 Å². The summed E-state index contributed by atoms with van der Waals surface area (Å²) in [5.74, 6) is -0.935. The second-order valence-corrected chi connectivity index (χ2v) is 4.57. The number of aromatic nitrogens is 2. The lowest BCUT2D eigenvalue weighted by Crippen LogP contribution is -1.94. The third-order valence-electron chi connectivity index (χ3n) is 2.94. The third kappa shape index (κ3) is 2.06. The molecule has 0 atom stereocenters. The summed E-state index contributed by atoms with van der Waals surface area (Å²) in [5.41, 5.74) is 2.88. The molecule has 0 saturated carbocycles. The molecule has 0 aliphatic carbocycles. The number of aromatic amines is 1. The normalized spacial score (nSPS) is 10.8. The summed E-state index contributed by atoms with van der Waals surface area (Å²) in [6.07, 6.45) is 3.42. The van der Waals surface area contributed by atoms with Crippen LogP contribution in [0.5, 0.6) is 0 Å². The molecular formula is C14H9ClN2O2. The highest BCUT2D eigenvalue weighted by atomic mass is 35.5. The van der Waals surface area contributed by atoms with Crippen molar-refractivity contribution in [3.8, 4) is 11.1 Å². The van der Waals surface area contributed by atoms with Gasteiger partial charge in [0.05, 0.1) is 10.6 Å². The maximum atomic E-state index is 10.8. The number of halogens is 1. The second kappa shape index (κ2) is 4.40. The van der Waals surface area contributed by atoms with Gasteiger partial charge < -0.3 is 10.1 Å². The first kappa shape index (κ1) is 11.7. The van der Waals surface area contributed by atoms with Crippen LogP contribution in [0.4, 0.5) is 0 Å². The summed E-state index contributed by atoms with van der Waals surface area (Å²) in [6, 6.07) is 8.53. The minimum absolute atomic E-state index is 0.264. The molecule has 94 valence electrons. The van der Waals surface area contributed by atoms with E-state index in [1.807, 2.05) is 12.3 Å². The first-order valence-electron chi connectivity index (χ1n) is 5.61. The zero-order valence-corrected chi connectivity index (χ0v) is 10.5. The quantitative estimate of drug-likeness (QED) is 0.749. The Bertz CT molecular complexity index is 763. The summed E-state index contributed by atoms with van der Waals surface area (Å²) in [6.45, 7) is 0. The number of carboxylic acids is 1. The van der Waals surface area contributed by atoms with Gasteiger partial charge in [0.2, 0.25) is 0 Å². The number of rotatable bonds is 2. The van der Waals surface area contributed by atoms with E-state index >= 15 is 0 Å². The molecule has 0 bridgehead atoms. The minimum atomic E-state index is -0.935. The van der Waals surface area contributed by atoms with Crippen LogP contribution in [0.2, 0.25) is 5.02 Å². The molecule has 0 aliphatic heterocycles. The van der Waals surface area contributed by atoms with Gasteiger partial charge in [-0.1, -0.05) is 23.7 Å². The van der Waals surface area contributed by atoms with E-state index in [-0.39, 0.29) is 5.56 Å². The number of nitrogens with one attached hydrogen (secondary N) is 1. The van der Waals surface area contributed by atoms with Crippen molar-refractivity contribution < 1.29 is 9.90 Å². The summed E-state index contributed by atoms with van der Waals surface area (Å²) in [5, 5.41) is 10.4. The molecule has 3 aromatic rings. The lowest BCUT2D eigenvalue weighted by molar-refractivity contribution is 0.0697. The fourth-order valence-corrected chi connectivity index (χ4v) is 2.17. The van der Waals surface area contributed by atoms with Crippen LogP contribution in [-0.2, 0) is 0 Å². The van der Waals surface area contributed by atoms with Gasteiger partial charge in [-0.05, 0) is 23.8 Å². The Morgan fingerprint density at radius 1 is 1.26 bits per heavy atom. The number of carbonyl (C=O) groups is 1. The molecule has 0 spiro atoms. The summed E-state index contributed by atoms with van der Waals surface area (Å²) >= 11 is 5.95. The van der Waals surface area contributed by atoms with Crippen molar-refractivity contribution >= 4 is 28.6 Å². The third-order valence-corrected chi connectivity index (χ3v) is 3.15. The maximum absolute atomic E-state index is 10.8. The van der Waals surface area contributed by atoms with Gasteiger partial charge >= 0.3 is 5.97 Å². The van der Waals surface area contributed by atoms with Crippen LogP contribution in [0, 0.1) is 0 Å². The van der Waals surface area contributed by atoms with Crippen molar-refractivity contribution in [3.05, 3.63) is 53.3 Å². The number of hydrogen-bond acceptors (Lipinski definition) is 2. The Hall–Kier alpha value is -2.33. The lowest BCUT2D eigenvalue weighted by atomic mass is 10.0. The number of benzene rings is 1. The van der Waals surface area contributed by atoms with E-state index in [2.05, 4.69) is 9.97 Å². The molecule has 3 rings (SSSR count). The Kier molecular flexibility index (Phi) is 2.72. The van der Waals surface area contributed by atoms with E-state index in [1.54, 1.807) is 30.5 Å². The lowest BCUT2D eigenvalue weighted by Gasteiger charge is -2.01. The number of nitrogens with zero attached hydrogens (tertiary/aromatic N) is 1. The fourth-order valence-electron chi connectivity index (χ4n) is 2.01. The van der Waals surface area contributed by atoms with Gasteiger partial charge in [-0.15, -0.1) is 0 Å². The van der Waals surface area contributed by atoms with E-state index < -0.39 is 5.97 Å². The smallest absolute Gasteiger partial charge is 0.335 e. The van der Waals surface area contributed by atoms with Crippen LogP contribution in [-0.4, -0.2) is 21.0 Å². The SMILES string of the molecule is O=C(O)c1ccc(-c2c[nH]c3ncc(Cl)cc23)cc1. The van der Waals surface area contributed by atoms with Crippen LogP contribution in [0.1, 0.15) is 10.4 Å². The highest BCUT2D eigenvalue weighted by Crippen LogP contribution is 2.29. The second-order valence-electron chi connectivity index (χ2n) is 4.13. The van der Waals surface area contributed by atoms with Crippen molar-refractivity contribution in [1.29, 1.82) is 0 Å². The van der Waals surface area contributed by atoms with E-state index in [9.17, 15) is 4.79 Å². The van der Waals surface area contributed by atoms with Crippen LogP contribution >= 0.6 is 11.6 Å². The van der Waals surface area contributed by atoms with Gasteiger partial charge in [-0.2, -0.15) is 0 Å². The summed E-state index contributed by atoms with van der Waals surface area (Å²) < 4.78 is 0. The first-order chi connectivity index (χ1) is 9.15. The molecule has 1 aromatic carbocycles. The van der Waals surface area contributed by atoms with Crippen molar-refractivity contribution in [2.75, 3.05) is 0 Å². The highest BCUT2D eigenvalue weighted by molar-refractivity contribution is 6.31. The zero-order valence-electron chi connectivity index (χ0n) is 9.72. The number of pyridine rings is 1. The van der Waals surface area contributed by atoms with Crippen LogP contribution in [0.15, 0.2) is 42.7 Å². The fraction of sp³-hybridized carbons (Fsp3) is 0. The number of aromatic carboxylic acids is 1. The van der Waals surface area contributed by atoms with Gasteiger partial charge in [0, 0.05) is 23.3 Å². The average molecular weight is 273 g/mol. The molecule has 2 aromatic heterocycles. The van der Waals surface area contributed by atoms with Gasteiger partial charge in [-0.3, -0.25) is 0 Å². The van der Waals surface area contributed by atoms with Crippen molar-refractivity contribution in [2.45, 2.75) is 0 Å². The Morgan fingerprint density at radius 2 is 2.00 bits per heavy atom. The van der Waals surface area contributed by atoms with Crippen molar-refractivity contribution in [2.24, 2.45) is 0 Å². The molecule has 0 unspecified atom stereocenters. The number of carboxylic acid groups (broad SMARTS) is 1. The summed E-state index contributed by atoms with van der Waals surface area (Å²) in [4.78, 5) is 18.1. The summed E-state index contributed by atoms with van der Waals surface area (Å²) in [7, 11) is 0. The van der Waals surface area contributed by atoms with Crippen LogP contribution in [0.25, 0.3) is 22.2 Å². The molecule has 19 heavy (non-hydrogen) atoms. The molecule has 2 N–H and O–H groups in total. The zero-order chi connectivity index (χ0) is 13.4. The topological polar surface area (TPSA) is 66.0 Å². The Morgan fingerprint density at radius 3 is 2.68 bits per heavy atom. The largest absolute Gasteiger partial charge is 0.478 e. The molecule has 0 amide bonds. The van der Waals surface area contributed by atoms with E-state index in [1.165, 1.54) is 0 Å². The van der Waals surface area contributed by atoms with Gasteiger partial charge in [-0.25, -0.2) is 9.78 Å². The van der Waals surface area contributed by atoms with E-state index in [4.69, 9.17) is 16.7 Å². The predicted octanol–water partition coefficient (Wildman–Crippen LogP) is 3.58. The first-order valence-corrected chi connectivity index (χ1v) is 5.99. The average Bonchev–Trinajstić information content (AvgIpc) is 2.81. The predicted molar refractivity (Wildman–Crippen MR) is 73.5 cm³/mol. The van der Waals surface area contributed by atoms with Gasteiger partial charge in [0.15, 0.2) is 0 Å². The van der Waals surface area contributed by atoms with Crippen molar-refractivity contribution in [1.82, 2.24) is 9.97 Å². The number of H-pyrrole nitrogens is 1. The van der Waals surface area contributed by atoms with Crippen LogP contribution in [0.3, 0.4) is 0 Å². The number of fused-ring (bicyclic) bond motifs is 1. The molecule has 5 heteroatoms. The molecule has 4 nitrogen and oxygen atoms in total. The molecule has 0 aliphatic rings. The molecular weight excluding hydrogens is 264 g/mol. The van der Waals surface area contributed by atoms with Gasteiger partial charge in [0.1, 0.15) is 5.65 Å².